The van der Waals surface area contributed by atoms with E-state index in [0.717, 1.165) is 31.6 Å². The molecule has 0 aromatic heterocycles. The molecule has 1 fully saturated rings. The molecule has 0 atom stereocenters. The second-order valence-corrected chi connectivity index (χ2v) is 5.84. The van der Waals surface area contributed by atoms with Crippen molar-refractivity contribution in [3.63, 3.8) is 0 Å². The van der Waals surface area contributed by atoms with Crippen LogP contribution < -0.4 is 10.6 Å². The highest BCUT2D eigenvalue weighted by Gasteiger charge is 2.19. The van der Waals surface area contributed by atoms with Crippen LogP contribution in [-0.4, -0.2) is 36.3 Å². The number of amides is 2. The number of rotatable bonds is 5. The van der Waals surface area contributed by atoms with Gasteiger partial charge >= 0.3 is 0 Å². The Morgan fingerprint density at radius 3 is 2.21 bits per heavy atom. The van der Waals surface area contributed by atoms with E-state index in [0.29, 0.717) is 11.3 Å². The van der Waals surface area contributed by atoms with E-state index >= 15 is 0 Å². The fraction of sp³-hybridized carbons (Fsp3) is 0.263. The number of anilines is 2. The highest BCUT2D eigenvalue weighted by Crippen LogP contribution is 2.15. The van der Waals surface area contributed by atoms with Crippen molar-refractivity contribution in [1.29, 1.82) is 0 Å². The van der Waals surface area contributed by atoms with E-state index in [1.165, 1.54) is 0 Å². The van der Waals surface area contributed by atoms with Crippen LogP contribution in [0.5, 0.6) is 0 Å². The lowest BCUT2D eigenvalue weighted by Crippen LogP contribution is -2.27. The maximum absolute atomic E-state index is 12.3. The largest absolute Gasteiger partial charge is 0.376 e. The maximum Gasteiger partial charge on any atom is 0.253 e. The summed E-state index contributed by atoms with van der Waals surface area (Å²) in [5.74, 6) is -0.0615. The zero-order chi connectivity index (χ0) is 16.8. The molecule has 0 unspecified atom stereocenters. The normalized spacial score (nSPS) is 13.6. The molecule has 124 valence electrons. The summed E-state index contributed by atoms with van der Waals surface area (Å²) in [7, 11) is 0. The minimum absolute atomic E-state index is 0.0659. The van der Waals surface area contributed by atoms with E-state index < -0.39 is 0 Å². The predicted molar refractivity (Wildman–Crippen MR) is 95.1 cm³/mol. The van der Waals surface area contributed by atoms with Crippen LogP contribution in [0.25, 0.3) is 0 Å². The van der Waals surface area contributed by atoms with E-state index in [-0.39, 0.29) is 18.4 Å². The van der Waals surface area contributed by atoms with Crippen LogP contribution in [0.15, 0.2) is 54.6 Å². The number of para-hydroxylation sites is 1. The predicted octanol–water partition coefficient (Wildman–Crippen LogP) is 2.97. The first-order valence-electron chi connectivity index (χ1n) is 8.20. The van der Waals surface area contributed by atoms with Gasteiger partial charge in [0.1, 0.15) is 0 Å². The number of hydrogen-bond acceptors (Lipinski definition) is 3. The van der Waals surface area contributed by atoms with E-state index in [1.807, 2.05) is 35.2 Å². The third kappa shape index (κ3) is 4.13. The van der Waals surface area contributed by atoms with E-state index in [1.54, 1.807) is 24.3 Å². The fourth-order valence-corrected chi connectivity index (χ4v) is 2.74. The molecule has 2 N–H and O–H groups in total. The number of likely N-dealkylation sites (tertiary alicyclic amines) is 1. The van der Waals surface area contributed by atoms with Gasteiger partial charge in [-0.3, -0.25) is 9.59 Å². The summed E-state index contributed by atoms with van der Waals surface area (Å²) < 4.78 is 0. The van der Waals surface area contributed by atoms with Gasteiger partial charge in [-0.15, -0.1) is 0 Å². The first-order valence-corrected chi connectivity index (χ1v) is 8.20. The van der Waals surface area contributed by atoms with Crippen molar-refractivity contribution in [2.45, 2.75) is 12.8 Å². The average Bonchev–Trinajstić information content (AvgIpc) is 3.16. The molecule has 2 aromatic rings. The number of benzene rings is 2. The van der Waals surface area contributed by atoms with Gasteiger partial charge in [0.05, 0.1) is 6.54 Å². The van der Waals surface area contributed by atoms with E-state index in [4.69, 9.17) is 0 Å². The molecule has 1 aliphatic rings. The molecule has 0 aliphatic carbocycles. The van der Waals surface area contributed by atoms with Crippen molar-refractivity contribution in [2.24, 2.45) is 0 Å². The monoisotopic (exact) mass is 323 g/mol. The van der Waals surface area contributed by atoms with Crippen LogP contribution in [0.3, 0.4) is 0 Å². The molecule has 0 bridgehead atoms. The van der Waals surface area contributed by atoms with Gasteiger partial charge in [-0.1, -0.05) is 18.2 Å². The topological polar surface area (TPSA) is 61.4 Å². The molecule has 3 rings (SSSR count). The molecule has 1 saturated heterocycles. The van der Waals surface area contributed by atoms with Crippen LogP contribution in [-0.2, 0) is 4.79 Å². The van der Waals surface area contributed by atoms with E-state index in [9.17, 15) is 9.59 Å². The summed E-state index contributed by atoms with van der Waals surface area (Å²) in [4.78, 5) is 26.1. The van der Waals surface area contributed by atoms with Crippen molar-refractivity contribution in [1.82, 2.24) is 4.90 Å². The highest BCUT2D eigenvalue weighted by atomic mass is 16.2. The molecule has 0 radical (unpaired) electrons. The van der Waals surface area contributed by atoms with Crippen LogP contribution in [0, 0.1) is 0 Å². The van der Waals surface area contributed by atoms with Gasteiger partial charge in [0, 0.05) is 30.0 Å². The van der Waals surface area contributed by atoms with Gasteiger partial charge in [-0.05, 0) is 49.2 Å². The summed E-state index contributed by atoms with van der Waals surface area (Å²) in [5, 5.41) is 5.88. The van der Waals surface area contributed by atoms with Gasteiger partial charge < -0.3 is 15.5 Å². The summed E-state index contributed by atoms with van der Waals surface area (Å²) in [5.41, 5.74) is 2.25. The number of carbonyl (C=O) groups is 2. The minimum Gasteiger partial charge on any atom is -0.376 e. The van der Waals surface area contributed by atoms with Gasteiger partial charge in [-0.2, -0.15) is 0 Å². The first-order chi connectivity index (χ1) is 11.7. The lowest BCUT2D eigenvalue weighted by atomic mass is 10.2. The van der Waals surface area contributed by atoms with Crippen LogP contribution in [0.2, 0.25) is 0 Å². The zero-order valence-corrected chi connectivity index (χ0v) is 13.5. The van der Waals surface area contributed by atoms with E-state index in [2.05, 4.69) is 10.6 Å². The van der Waals surface area contributed by atoms with Gasteiger partial charge in [0.2, 0.25) is 5.91 Å². The molecule has 24 heavy (non-hydrogen) atoms. The quantitative estimate of drug-likeness (QED) is 0.889. The molecule has 2 amide bonds. The van der Waals surface area contributed by atoms with Crippen molar-refractivity contribution in [3.05, 3.63) is 60.2 Å². The van der Waals surface area contributed by atoms with Crippen LogP contribution >= 0.6 is 0 Å². The third-order valence-corrected chi connectivity index (χ3v) is 4.04. The Balaban J connectivity index is 1.52. The van der Waals surface area contributed by atoms with Crippen molar-refractivity contribution < 1.29 is 9.59 Å². The Bertz CT molecular complexity index is 692. The zero-order valence-electron chi connectivity index (χ0n) is 13.5. The maximum atomic E-state index is 12.3. The molecule has 2 aromatic carbocycles. The second kappa shape index (κ2) is 7.64. The first kappa shape index (κ1) is 16.1. The molecular weight excluding hydrogens is 302 g/mol. The molecule has 1 heterocycles. The molecule has 0 saturated carbocycles. The Morgan fingerprint density at radius 1 is 0.875 bits per heavy atom. The van der Waals surface area contributed by atoms with Gasteiger partial charge in [-0.25, -0.2) is 0 Å². The number of hydrogen-bond donors (Lipinski definition) is 2. The average molecular weight is 323 g/mol. The molecule has 1 aliphatic heterocycles. The summed E-state index contributed by atoms with van der Waals surface area (Å²) in [6, 6.07) is 16.6. The molecule has 5 heteroatoms. The summed E-state index contributed by atoms with van der Waals surface area (Å²) >= 11 is 0. The minimum atomic E-state index is -0.127. The Morgan fingerprint density at radius 2 is 1.54 bits per heavy atom. The van der Waals surface area contributed by atoms with Crippen LogP contribution in [0.4, 0.5) is 11.4 Å². The number of nitrogens with one attached hydrogen (secondary N) is 2. The Hall–Kier alpha value is -2.82. The Kier molecular flexibility index (Phi) is 5.11. The number of carbonyl (C=O) groups excluding carboxylic acids is 2. The lowest BCUT2D eigenvalue weighted by Gasteiger charge is -2.15. The third-order valence-electron chi connectivity index (χ3n) is 4.04. The summed E-state index contributed by atoms with van der Waals surface area (Å²) in [6.07, 6.45) is 2.16. The SMILES string of the molecule is O=C(CNc1ccccc1)Nc1ccc(C(=O)N2CCCC2)cc1. The highest BCUT2D eigenvalue weighted by molar-refractivity contribution is 5.96. The molecule has 0 spiro atoms. The van der Waals surface area contributed by atoms with Gasteiger partial charge in [0.15, 0.2) is 0 Å². The van der Waals surface area contributed by atoms with Crippen molar-refractivity contribution >= 4 is 23.2 Å². The number of nitrogens with zero attached hydrogens (tertiary/aromatic N) is 1. The standard InChI is InChI=1S/C19H21N3O2/c23-18(14-20-16-6-2-1-3-7-16)21-17-10-8-15(9-11-17)19(24)22-12-4-5-13-22/h1-3,6-11,20H,4-5,12-14H2,(H,21,23). The van der Waals surface area contributed by atoms with Gasteiger partial charge in [0.25, 0.3) is 5.91 Å². The molecular formula is C19H21N3O2. The smallest absolute Gasteiger partial charge is 0.253 e. The summed E-state index contributed by atoms with van der Waals surface area (Å²) in [6.45, 7) is 1.86. The lowest BCUT2D eigenvalue weighted by molar-refractivity contribution is -0.114. The second-order valence-electron chi connectivity index (χ2n) is 5.84. The fourth-order valence-electron chi connectivity index (χ4n) is 2.74. The van der Waals surface area contributed by atoms with Crippen molar-refractivity contribution in [2.75, 3.05) is 30.3 Å². The van der Waals surface area contributed by atoms with Crippen molar-refractivity contribution in [3.8, 4) is 0 Å². The Labute approximate surface area is 141 Å². The molecule has 5 nitrogen and oxygen atoms in total. The van der Waals surface area contributed by atoms with Crippen LogP contribution in [0.1, 0.15) is 23.2 Å².